The highest BCUT2D eigenvalue weighted by molar-refractivity contribution is 9.10. The maximum atomic E-state index is 13.8. The highest BCUT2D eigenvalue weighted by Gasteiger charge is 2.26. The summed E-state index contributed by atoms with van der Waals surface area (Å²) in [6.07, 6.45) is 4.03. The molecule has 0 amide bonds. The van der Waals surface area contributed by atoms with E-state index in [2.05, 4.69) is 55.6 Å². The van der Waals surface area contributed by atoms with Gasteiger partial charge in [0.15, 0.2) is 11.4 Å². The van der Waals surface area contributed by atoms with Crippen molar-refractivity contribution in [3.05, 3.63) is 101 Å². The van der Waals surface area contributed by atoms with Crippen molar-refractivity contribution in [2.45, 2.75) is 0 Å². The lowest BCUT2D eigenvalue weighted by atomic mass is 10.1. The second kappa shape index (κ2) is 6.94. The summed E-state index contributed by atoms with van der Waals surface area (Å²) >= 11 is 10.00. The Morgan fingerprint density at radius 1 is 0.935 bits per heavy atom. The number of nitrogens with zero attached hydrogens (tertiary/aromatic N) is 2. The maximum absolute atomic E-state index is 13.8. The van der Waals surface area contributed by atoms with Gasteiger partial charge in [-0.05, 0) is 54.6 Å². The molecule has 0 aliphatic carbocycles. The third-order valence-corrected chi connectivity index (χ3v) is 6.47. The van der Waals surface area contributed by atoms with Crippen LogP contribution in [0.3, 0.4) is 0 Å². The summed E-state index contributed by atoms with van der Waals surface area (Å²) in [4.78, 5) is 3.59. The van der Waals surface area contributed by atoms with E-state index in [0.717, 1.165) is 37.7 Å². The molecule has 3 aromatic carbocycles. The van der Waals surface area contributed by atoms with Gasteiger partial charge < -0.3 is 4.98 Å². The fourth-order valence-corrected chi connectivity index (χ4v) is 4.78. The van der Waals surface area contributed by atoms with E-state index in [1.54, 1.807) is 6.07 Å². The minimum atomic E-state index is -0.360. The van der Waals surface area contributed by atoms with E-state index in [1.807, 2.05) is 41.4 Å². The van der Waals surface area contributed by atoms with E-state index in [1.165, 1.54) is 17.5 Å². The molecule has 6 heteroatoms. The third kappa shape index (κ3) is 2.88. The molecule has 0 fully saturated rings. The largest absolute Gasteiger partial charge is 0.351 e. The number of pyridine rings is 1. The maximum Gasteiger partial charge on any atom is 0.254 e. The van der Waals surface area contributed by atoms with Crippen LogP contribution in [0, 0.1) is 5.82 Å². The van der Waals surface area contributed by atoms with E-state index in [-0.39, 0.29) is 5.82 Å². The number of rotatable bonds is 2. The molecule has 0 saturated heterocycles. The number of H-pyrrole nitrogens is 1. The Morgan fingerprint density at radius 2 is 1.74 bits per heavy atom. The number of hydrogen-bond donors (Lipinski definition) is 1. The third-order valence-electron chi connectivity index (χ3n) is 5.64. The number of imidazole rings is 1. The van der Waals surface area contributed by atoms with Crippen LogP contribution in [0.2, 0.25) is 5.02 Å². The van der Waals surface area contributed by atoms with Crippen molar-refractivity contribution < 1.29 is 8.79 Å². The predicted octanol–water partition coefficient (Wildman–Crippen LogP) is 7.07. The standard InChI is InChI=1S/C25H15BrClFN3/c26-16-7-5-15(6-8-16)24-25-23-19(18-3-1-2-4-21(18)29-23)11-12-30(25)14-31(24)22-10-9-17(28)13-20(22)27/h1-14,29H/q+1. The number of halogens is 3. The van der Waals surface area contributed by atoms with E-state index < -0.39 is 0 Å². The smallest absolute Gasteiger partial charge is 0.254 e. The van der Waals surface area contributed by atoms with Crippen LogP contribution < -0.4 is 4.40 Å². The van der Waals surface area contributed by atoms with Crippen LogP contribution in [0.25, 0.3) is 44.3 Å². The molecule has 3 nitrogen and oxygen atoms in total. The van der Waals surface area contributed by atoms with Crippen molar-refractivity contribution in [2.24, 2.45) is 0 Å². The number of fused-ring (bicyclic) bond motifs is 5. The Bertz CT molecular complexity index is 1620. The highest BCUT2D eigenvalue weighted by Crippen LogP contribution is 2.35. The van der Waals surface area contributed by atoms with Crippen molar-refractivity contribution in [3.63, 3.8) is 0 Å². The first-order valence-corrected chi connectivity index (χ1v) is 10.9. The lowest BCUT2D eigenvalue weighted by Gasteiger charge is -2.05. The van der Waals surface area contributed by atoms with Gasteiger partial charge in [0.25, 0.3) is 6.33 Å². The Morgan fingerprint density at radius 3 is 2.55 bits per heavy atom. The van der Waals surface area contributed by atoms with E-state index in [9.17, 15) is 4.39 Å². The zero-order chi connectivity index (χ0) is 21.1. The van der Waals surface area contributed by atoms with Gasteiger partial charge in [-0.1, -0.05) is 45.7 Å². The molecule has 0 saturated carbocycles. The SMILES string of the molecule is Fc1ccc(-n2c[n+]3ccc4c5ccccc5[nH]c4c3c2-c2ccc(Br)cc2)c(Cl)c1. The monoisotopic (exact) mass is 490 g/mol. The van der Waals surface area contributed by atoms with Crippen molar-refractivity contribution >= 4 is 54.9 Å². The molecule has 0 unspecified atom stereocenters. The van der Waals surface area contributed by atoms with E-state index >= 15 is 0 Å². The summed E-state index contributed by atoms with van der Waals surface area (Å²) < 4.78 is 18.9. The molecule has 0 aliphatic heterocycles. The molecule has 3 aromatic heterocycles. The number of aromatic nitrogens is 3. The van der Waals surface area contributed by atoms with Gasteiger partial charge in [0.1, 0.15) is 5.82 Å². The summed E-state index contributed by atoms with van der Waals surface area (Å²) in [6, 6.07) is 23.0. The Kier molecular flexibility index (Phi) is 4.16. The van der Waals surface area contributed by atoms with Gasteiger partial charge in [0, 0.05) is 26.3 Å². The van der Waals surface area contributed by atoms with E-state index in [0.29, 0.717) is 10.7 Å². The Balaban J connectivity index is 1.79. The van der Waals surface area contributed by atoms with Crippen LogP contribution in [0.4, 0.5) is 4.39 Å². The minimum Gasteiger partial charge on any atom is -0.351 e. The molecular weight excluding hydrogens is 477 g/mol. The van der Waals surface area contributed by atoms with Gasteiger partial charge in [-0.25, -0.2) is 4.39 Å². The summed E-state index contributed by atoms with van der Waals surface area (Å²) in [7, 11) is 0. The normalized spacial score (nSPS) is 11.7. The van der Waals surface area contributed by atoms with Gasteiger partial charge in [0.2, 0.25) is 5.52 Å². The lowest BCUT2D eigenvalue weighted by Crippen LogP contribution is -2.17. The predicted molar refractivity (Wildman–Crippen MR) is 126 cm³/mol. The van der Waals surface area contributed by atoms with Crippen LogP contribution >= 0.6 is 27.5 Å². The van der Waals surface area contributed by atoms with Gasteiger partial charge in [-0.2, -0.15) is 8.97 Å². The molecule has 0 bridgehead atoms. The van der Waals surface area contributed by atoms with Crippen molar-refractivity contribution in [3.8, 4) is 16.9 Å². The van der Waals surface area contributed by atoms with Gasteiger partial charge >= 0.3 is 0 Å². The van der Waals surface area contributed by atoms with Gasteiger partial charge in [-0.3, -0.25) is 0 Å². The number of nitrogens with one attached hydrogen (secondary N) is 1. The van der Waals surface area contributed by atoms with Crippen molar-refractivity contribution in [1.29, 1.82) is 0 Å². The minimum absolute atomic E-state index is 0.354. The number of para-hydroxylation sites is 1. The van der Waals surface area contributed by atoms with Gasteiger partial charge in [-0.15, -0.1) is 0 Å². The number of benzene rings is 3. The topological polar surface area (TPSA) is 24.8 Å². The quantitative estimate of drug-likeness (QED) is 0.251. The van der Waals surface area contributed by atoms with Crippen molar-refractivity contribution in [1.82, 2.24) is 9.55 Å². The molecule has 31 heavy (non-hydrogen) atoms. The first-order chi connectivity index (χ1) is 15.1. The summed E-state index contributed by atoms with van der Waals surface area (Å²) in [6.45, 7) is 0. The van der Waals surface area contributed by atoms with Crippen LogP contribution in [0.15, 0.2) is 89.8 Å². The van der Waals surface area contributed by atoms with Crippen LogP contribution in [0.5, 0.6) is 0 Å². The number of aromatic amines is 1. The molecule has 0 radical (unpaired) electrons. The van der Waals surface area contributed by atoms with Crippen LogP contribution in [0.1, 0.15) is 0 Å². The summed E-state index contributed by atoms with van der Waals surface area (Å²) in [5.74, 6) is -0.360. The average Bonchev–Trinajstić information content (AvgIpc) is 3.33. The molecule has 0 spiro atoms. The summed E-state index contributed by atoms with van der Waals surface area (Å²) in [5, 5.41) is 2.68. The Hall–Kier alpha value is -3.15. The lowest BCUT2D eigenvalue weighted by molar-refractivity contribution is -0.510. The second-order valence-corrected chi connectivity index (χ2v) is 8.79. The fourth-order valence-electron chi connectivity index (χ4n) is 4.26. The highest BCUT2D eigenvalue weighted by atomic mass is 79.9. The summed E-state index contributed by atoms with van der Waals surface area (Å²) in [5.41, 5.74) is 5.86. The second-order valence-electron chi connectivity index (χ2n) is 7.47. The fraction of sp³-hybridized carbons (Fsp3) is 0. The van der Waals surface area contributed by atoms with Crippen LogP contribution in [-0.4, -0.2) is 9.55 Å². The molecule has 0 atom stereocenters. The number of hydrogen-bond acceptors (Lipinski definition) is 0. The molecule has 1 N–H and O–H groups in total. The zero-order valence-electron chi connectivity index (χ0n) is 16.1. The first kappa shape index (κ1) is 18.6. The van der Waals surface area contributed by atoms with Crippen LogP contribution in [-0.2, 0) is 0 Å². The first-order valence-electron chi connectivity index (χ1n) is 9.77. The van der Waals surface area contributed by atoms with Gasteiger partial charge in [0.05, 0.1) is 16.7 Å². The van der Waals surface area contributed by atoms with Crippen molar-refractivity contribution in [2.75, 3.05) is 0 Å². The molecule has 150 valence electrons. The molecular formula is C25H15BrClFN3+. The molecule has 6 aromatic rings. The molecule has 0 aliphatic rings. The zero-order valence-corrected chi connectivity index (χ0v) is 18.5. The van der Waals surface area contributed by atoms with E-state index in [4.69, 9.17) is 11.6 Å². The average molecular weight is 492 g/mol. The molecule has 6 rings (SSSR count). The Labute approximate surface area is 190 Å². The molecule has 3 heterocycles.